The molecule has 210 valence electrons. The average molecular weight is 625 g/mol. The number of halogens is 1. The molecule has 0 aromatic carbocycles. The van der Waals surface area contributed by atoms with Crippen molar-refractivity contribution in [3.63, 3.8) is 0 Å². The monoisotopic (exact) mass is 624 g/mol. The first kappa shape index (κ1) is 34.8. The molecule has 0 amide bonds. The summed E-state index contributed by atoms with van der Waals surface area (Å²) in [6.07, 6.45) is 0.262. The van der Waals surface area contributed by atoms with Gasteiger partial charge in [-0.1, -0.05) is 22.6 Å². The lowest BCUT2D eigenvalue weighted by molar-refractivity contribution is -0.144. The summed E-state index contributed by atoms with van der Waals surface area (Å²) in [5.74, 6) is -0.247. The predicted molar refractivity (Wildman–Crippen MR) is 138 cm³/mol. The molecule has 0 bridgehead atoms. The molecule has 35 heavy (non-hydrogen) atoms. The van der Waals surface area contributed by atoms with Crippen LogP contribution in [-0.2, 0) is 52.2 Å². The summed E-state index contributed by atoms with van der Waals surface area (Å²) >= 11 is 2.27. The lowest BCUT2D eigenvalue weighted by Crippen LogP contribution is -2.15. The highest BCUT2D eigenvalue weighted by Gasteiger charge is 2.00. The van der Waals surface area contributed by atoms with Crippen molar-refractivity contribution in [2.75, 3.05) is 130 Å². The van der Waals surface area contributed by atoms with Crippen LogP contribution in [0, 0.1) is 0 Å². The Labute approximate surface area is 223 Å². The van der Waals surface area contributed by atoms with Gasteiger partial charge in [-0.2, -0.15) is 0 Å². The van der Waals surface area contributed by atoms with E-state index in [1.807, 2.05) is 0 Å². The van der Waals surface area contributed by atoms with Crippen LogP contribution >= 0.6 is 22.6 Å². The molecule has 0 atom stereocenters. The minimum absolute atomic E-state index is 0.247. The normalized spacial score (nSPS) is 11.3. The number of esters is 1. The van der Waals surface area contributed by atoms with Gasteiger partial charge >= 0.3 is 5.97 Å². The van der Waals surface area contributed by atoms with E-state index in [1.54, 1.807) is 6.92 Å². The van der Waals surface area contributed by atoms with E-state index in [0.29, 0.717) is 119 Å². The Bertz CT molecular complexity index is 419. The van der Waals surface area contributed by atoms with Gasteiger partial charge in [-0.05, 0) is 6.92 Å². The van der Waals surface area contributed by atoms with Crippen LogP contribution in [-0.4, -0.2) is 136 Å². The SMILES string of the molecule is CCOC(=O)CCOCCOCCOCCOCCOCCOCCOCCOCCOCCI. The summed E-state index contributed by atoms with van der Waals surface area (Å²) in [6.45, 7) is 11.6. The first-order chi connectivity index (χ1) is 17.3. The van der Waals surface area contributed by atoms with E-state index in [0.717, 1.165) is 11.0 Å². The second kappa shape index (κ2) is 31.9. The van der Waals surface area contributed by atoms with Crippen LogP contribution in [0.15, 0.2) is 0 Å². The molecule has 0 aromatic rings. The fraction of sp³-hybridized carbons (Fsp3) is 0.957. The van der Waals surface area contributed by atoms with Crippen molar-refractivity contribution in [2.45, 2.75) is 13.3 Å². The topological polar surface area (TPSA) is 109 Å². The number of rotatable bonds is 30. The molecule has 0 saturated heterocycles. The maximum absolute atomic E-state index is 11.1. The molecule has 11 nitrogen and oxygen atoms in total. The van der Waals surface area contributed by atoms with Crippen LogP contribution < -0.4 is 0 Å². The van der Waals surface area contributed by atoms with Gasteiger partial charge in [0.05, 0.1) is 132 Å². The van der Waals surface area contributed by atoms with Gasteiger partial charge in [0, 0.05) is 4.43 Å². The Hall–Kier alpha value is -0.160. The zero-order chi connectivity index (χ0) is 25.5. The largest absolute Gasteiger partial charge is 0.466 e. The molecule has 0 radical (unpaired) electrons. The molecule has 0 N–H and O–H groups in total. The molecule has 0 heterocycles. The highest BCUT2D eigenvalue weighted by molar-refractivity contribution is 14.1. The molecule has 0 aliphatic rings. The van der Waals surface area contributed by atoms with Crippen LogP contribution in [0.5, 0.6) is 0 Å². The Morgan fingerprint density at radius 2 is 0.714 bits per heavy atom. The Morgan fingerprint density at radius 3 is 0.971 bits per heavy atom. The van der Waals surface area contributed by atoms with E-state index < -0.39 is 0 Å². The third-order valence-electron chi connectivity index (χ3n) is 3.95. The second-order valence-corrected chi connectivity index (χ2v) is 7.83. The highest BCUT2D eigenvalue weighted by atomic mass is 127. The van der Waals surface area contributed by atoms with Gasteiger partial charge in [-0.25, -0.2) is 0 Å². The lowest BCUT2D eigenvalue weighted by atomic mass is 10.5. The van der Waals surface area contributed by atoms with Crippen LogP contribution in [0.25, 0.3) is 0 Å². The molecule has 0 saturated carbocycles. The second-order valence-electron chi connectivity index (χ2n) is 6.76. The number of ether oxygens (including phenoxy) is 10. The van der Waals surface area contributed by atoms with Crippen molar-refractivity contribution in [3.05, 3.63) is 0 Å². The van der Waals surface area contributed by atoms with Crippen molar-refractivity contribution in [1.29, 1.82) is 0 Å². The van der Waals surface area contributed by atoms with Crippen LogP contribution in [0.2, 0.25) is 0 Å². The van der Waals surface area contributed by atoms with E-state index in [1.165, 1.54) is 0 Å². The van der Waals surface area contributed by atoms with Crippen molar-refractivity contribution >= 4 is 28.6 Å². The quantitative estimate of drug-likeness (QED) is 0.0503. The molecule has 0 aliphatic carbocycles. The van der Waals surface area contributed by atoms with Gasteiger partial charge in [-0.15, -0.1) is 0 Å². The molecule has 0 aromatic heterocycles. The maximum atomic E-state index is 11.1. The van der Waals surface area contributed by atoms with Crippen LogP contribution in [0.3, 0.4) is 0 Å². The summed E-state index contributed by atoms with van der Waals surface area (Å²) in [4.78, 5) is 11.1. The molecule has 0 spiro atoms. The Balaban J connectivity index is 3.04. The van der Waals surface area contributed by atoms with Gasteiger partial charge in [0.25, 0.3) is 0 Å². The van der Waals surface area contributed by atoms with E-state index in [9.17, 15) is 4.79 Å². The van der Waals surface area contributed by atoms with E-state index in [4.69, 9.17) is 47.4 Å². The number of carbonyl (C=O) groups is 1. The van der Waals surface area contributed by atoms with Gasteiger partial charge < -0.3 is 47.4 Å². The smallest absolute Gasteiger partial charge is 0.308 e. The molecular formula is C23H45IO11. The summed E-state index contributed by atoms with van der Waals surface area (Å²) in [6, 6.07) is 0. The average Bonchev–Trinajstić information content (AvgIpc) is 2.86. The molecule has 0 fully saturated rings. The fourth-order valence-corrected chi connectivity index (χ4v) is 2.62. The third kappa shape index (κ3) is 31.8. The van der Waals surface area contributed by atoms with E-state index in [-0.39, 0.29) is 12.4 Å². The molecule has 12 heteroatoms. The van der Waals surface area contributed by atoms with Crippen LogP contribution in [0.4, 0.5) is 0 Å². The minimum atomic E-state index is -0.247. The molecule has 0 aliphatic heterocycles. The number of carbonyl (C=O) groups excluding carboxylic acids is 1. The Morgan fingerprint density at radius 1 is 0.457 bits per heavy atom. The number of alkyl halides is 1. The molecule has 0 rings (SSSR count). The van der Waals surface area contributed by atoms with Gasteiger partial charge in [0.15, 0.2) is 0 Å². The summed E-state index contributed by atoms with van der Waals surface area (Å²) in [5.41, 5.74) is 0. The number of hydrogen-bond donors (Lipinski definition) is 0. The number of hydrogen-bond acceptors (Lipinski definition) is 11. The van der Waals surface area contributed by atoms with Crippen molar-refractivity contribution < 1.29 is 52.2 Å². The summed E-state index contributed by atoms with van der Waals surface area (Å²) < 4.78 is 54.3. The first-order valence-corrected chi connectivity index (χ1v) is 13.7. The zero-order valence-corrected chi connectivity index (χ0v) is 23.4. The zero-order valence-electron chi connectivity index (χ0n) is 21.2. The lowest BCUT2D eigenvalue weighted by Gasteiger charge is -2.08. The Kier molecular flexibility index (Phi) is 31.7. The molecule has 0 unspecified atom stereocenters. The van der Waals surface area contributed by atoms with Crippen molar-refractivity contribution in [3.8, 4) is 0 Å². The van der Waals surface area contributed by atoms with E-state index in [2.05, 4.69) is 22.6 Å². The first-order valence-electron chi connectivity index (χ1n) is 12.2. The van der Waals surface area contributed by atoms with Crippen LogP contribution in [0.1, 0.15) is 13.3 Å². The minimum Gasteiger partial charge on any atom is -0.466 e. The fourth-order valence-electron chi connectivity index (χ4n) is 2.30. The molecular weight excluding hydrogens is 579 g/mol. The predicted octanol–water partition coefficient (Wildman–Crippen LogP) is 1.52. The van der Waals surface area contributed by atoms with E-state index >= 15 is 0 Å². The van der Waals surface area contributed by atoms with Gasteiger partial charge in [0.2, 0.25) is 0 Å². The van der Waals surface area contributed by atoms with Gasteiger partial charge in [-0.3, -0.25) is 4.79 Å². The standard InChI is InChI=1S/C23H45IO11/c1-2-35-23(25)3-5-26-7-9-28-11-13-30-15-17-32-19-21-34-22-20-33-18-16-31-14-12-29-10-8-27-6-4-24/h2-22H2,1H3. The maximum Gasteiger partial charge on any atom is 0.308 e. The third-order valence-corrected chi connectivity index (χ3v) is 4.39. The summed E-state index contributed by atoms with van der Waals surface area (Å²) in [5, 5.41) is 0. The van der Waals surface area contributed by atoms with Crippen molar-refractivity contribution in [1.82, 2.24) is 0 Å². The highest BCUT2D eigenvalue weighted by Crippen LogP contribution is 1.89. The van der Waals surface area contributed by atoms with Gasteiger partial charge in [0.1, 0.15) is 0 Å². The van der Waals surface area contributed by atoms with Crippen molar-refractivity contribution in [2.24, 2.45) is 0 Å². The summed E-state index contributed by atoms with van der Waals surface area (Å²) in [7, 11) is 0.